The van der Waals surface area contributed by atoms with Crippen LogP contribution < -0.4 is 10.2 Å². The van der Waals surface area contributed by atoms with Gasteiger partial charge in [0, 0.05) is 20.4 Å². The number of hydrogen-bond donors (Lipinski definition) is 1. The molecule has 6 heteroatoms. The van der Waals surface area contributed by atoms with Crippen LogP contribution in [0.25, 0.3) is 0 Å². The van der Waals surface area contributed by atoms with E-state index < -0.39 is 0 Å². The maximum absolute atomic E-state index is 13.3. The summed E-state index contributed by atoms with van der Waals surface area (Å²) in [7, 11) is 0. The van der Waals surface area contributed by atoms with Crippen molar-refractivity contribution in [3.63, 3.8) is 0 Å². The Kier molecular flexibility index (Phi) is 6.70. The zero-order valence-electron chi connectivity index (χ0n) is 18.3. The van der Waals surface area contributed by atoms with Crippen molar-refractivity contribution in [2.24, 2.45) is 0 Å². The lowest BCUT2D eigenvalue weighted by molar-refractivity contribution is -0.116. The molecule has 1 aliphatic rings. The lowest BCUT2D eigenvalue weighted by atomic mass is 10.1. The monoisotopic (exact) mass is 482 g/mol. The van der Waals surface area contributed by atoms with Crippen molar-refractivity contribution in [1.29, 1.82) is 0 Å². The van der Waals surface area contributed by atoms with Crippen molar-refractivity contribution in [3.8, 4) is 0 Å². The summed E-state index contributed by atoms with van der Waals surface area (Å²) >= 11 is 3.18. The molecule has 1 aliphatic heterocycles. The molecule has 4 aromatic rings. The molecule has 168 valence electrons. The van der Waals surface area contributed by atoms with E-state index in [0.29, 0.717) is 12.2 Å². The number of rotatable bonds is 6. The van der Waals surface area contributed by atoms with Gasteiger partial charge in [0.15, 0.2) is 0 Å². The van der Waals surface area contributed by atoms with Crippen LogP contribution in [0.2, 0.25) is 0 Å². The Morgan fingerprint density at radius 3 is 1.97 bits per heavy atom. The number of hydrogen-bond acceptors (Lipinski definition) is 4. The van der Waals surface area contributed by atoms with E-state index in [1.165, 1.54) is 11.8 Å². The number of benzene rings is 4. The molecule has 4 nitrogen and oxygen atoms in total. The molecule has 34 heavy (non-hydrogen) atoms. The lowest BCUT2D eigenvalue weighted by Gasteiger charge is -2.31. The molecule has 0 bridgehead atoms. The molecule has 5 rings (SSSR count). The van der Waals surface area contributed by atoms with E-state index in [0.717, 1.165) is 37.3 Å². The van der Waals surface area contributed by atoms with E-state index in [4.69, 9.17) is 0 Å². The van der Waals surface area contributed by atoms with E-state index in [9.17, 15) is 9.59 Å². The molecule has 0 aromatic heterocycles. The normalized spacial score (nSPS) is 11.9. The smallest absolute Gasteiger partial charge is 0.241 e. The van der Waals surface area contributed by atoms with E-state index in [1.807, 2.05) is 108 Å². The number of para-hydroxylation sites is 2. The number of carbonyl (C=O) groups excluding carboxylic acids is 2. The fraction of sp³-hybridized carbons (Fsp3) is 0.0714. The summed E-state index contributed by atoms with van der Waals surface area (Å²) in [4.78, 5) is 30.6. The maximum Gasteiger partial charge on any atom is 0.241 e. The fourth-order valence-corrected chi connectivity index (χ4v) is 5.61. The van der Waals surface area contributed by atoms with E-state index in [2.05, 4.69) is 5.32 Å². The summed E-state index contributed by atoms with van der Waals surface area (Å²) in [6.07, 6.45) is 0.336. The van der Waals surface area contributed by atoms with Gasteiger partial charge in [-0.05, 0) is 54.1 Å². The molecule has 0 saturated carbocycles. The van der Waals surface area contributed by atoms with Gasteiger partial charge in [-0.15, -0.1) is 11.8 Å². The SMILES string of the molecule is O=C(Cc1ccccc1)Nc1ccc(SCC(=O)N2c3ccccc3Sc3ccccc32)cc1. The number of thioether (sulfide) groups is 1. The summed E-state index contributed by atoms with van der Waals surface area (Å²) in [6.45, 7) is 0. The predicted octanol–water partition coefficient (Wildman–Crippen LogP) is 6.79. The first-order valence-corrected chi connectivity index (χ1v) is 12.7. The van der Waals surface area contributed by atoms with Crippen LogP contribution in [0.1, 0.15) is 5.56 Å². The molecule has 0 saturated heterocycles. The second-order valence-electron chi connectivity index (χ2n) is 7.79. The molecule has 1 N–H and O–H groups in total. The van der Waals surface area contributed by atoms with Crippen LogP contribution in [0.3, 0.4) is 0 Å². The first-order chi connectivity index (χ1) is 16.7. The quantitative estimate of drug-likeness (QED) is 0.308. The Balaban J connectivity index is 1.23. The topological polar surface area (TPSA) is 49.4 Å². The minimum atomic E-state index is -0.0536. The first-order valence-electron chi connectivity index (χ1n) is 10.9. The van der Waals surface area contributed by atoms with Crippen LogP contribution >= 0.6 is 23.5 Å². The average molecular weight is 483 g/mol. The number of anilines is 3. The third-order valence-electron chi connectivity index (χ3n) is 5.39. The fourth-order valence-electron chi connectivity index (χ4n) is 3.80. The lowest BCUT2D eigenvalue weighted by Crippen LogP contribution is -2.29. The van der Waals surface area contributed by atoms with Crippen LogP contribution in [0.15, 0.2) is 118 Å². The second kappa shape index (κ2) is 10.2. The Morgan fingerprint density at radius 1 is 0.735 bits per heavy atom. The Morgan fingerprint density at radius 2 is 1.32 bits per heavy atom. The molecular weight excluding hydrogens is 460 g/mol. The molecule has 0 unspecified atom stereocenters. The van der Waals surface area contributed by atoms with E-state index in [1.54, 1.807) is 11.8 Å². The molecular formula is C28H22N2O2S2. The zero-order chi connectivity index (χ0) is 23.3. The van der Waals surface area contributed by atoms with Gasteiger partial charge in [-0.3, -0.25) is 14.5 Å². The van der Waals surface area contributed by atoms with E-state index >= 15 is 0 Å². The molecule has 0 fully saturated rings. The average Bonchev–Trinajstić information content (AvgIpc) is 2.87. The predicted molar refractivity (Wildman–Crippen MR) is 140 cm³/mol. The van der Waals surface area contributed by atoms with Gasteiger partial charge in [0.1, 0.15) is 0 Å². The minimum absolute atomic E-state index is 0.0328. The van der Waals surface area contributed by atoms with Crippen LogP contribution in [0.4, 0.5) is 17.1 Å². The molecule has 0 aliphatic carbocycles. The van der Waals surface area contributed by atoms with Crippen molar-refractivity contribution in [2.75, 3.05) is 16.0 Å². The van der Waals surface area contributed by atoms with Crippen molar-refractivity contribution in [2.45, 2.75) is 21.1 Å². The van der Waals surface area contributed by atoms with Crippen molar-refractivity contribution in [1.82, 2.24) is 0 Å². The van der Waals surface area contributed by atoms with Crippen molar-refractivity contribution < 1.29 is 9.59 Å². The first kappa shape index (κ1) is 22.3. The summed E-state index contributed by atoms with van der Waals surface area (Å²) in [6, 6.07) is 33.3. The van der Waals surface area contributed by atoms with Gasteiger partial charge in [-0.25, -0.2) is 0 Å². The van der Waals surface area contributed by atoms with Crippen LogP contribution in [0, 0.1) is 0 Å². The Hall–Kier alpha value is -3.48. The third-order valence-corrected chi connectivity index (χ3v) is 7.52. The second-order valence-corrected chi connectivity index (χ2v) is 9.92. The van der Waals surface area contributed by atoms with Crippen molar-refractivity contribution >= 4 is 52.4 Å². The summed E-state index contributed by atoms with van der Waals surface area (Å²) in [5.41, 5.74) is 3.57. The number of nitrogens with zero attached hydrogens (tertiary/aromatic N) is 1. The van der Waals surface area contributed by atoms with Gasteiger partial charge in [0.2, 0.25) is 11.8 Å². The number of nitrogens with one attached hydrogen (secondary N) is 1. The number of carbonyl (C=O) groups is 2. The highest BCUT2D eigenvalue weighted by atomic mass is 32.2. The summed E-state index contributed by atoms with van der Waals surface area (Å²) in [5, 5.41) is 2.93. The highest BCUT2D eigenvalue weighted by molar-refractivity contribution is 8.00. The van der Waals surface area contributed by atoms with E-state index in [-0.39, 0.29) is 11.8 Å². The number of amides is 2. The molecule has 0 spiro atoms. The highest BCUT2D eigenvalue weighted by Crippen LogP contribution is 2.48. The van der Waals surface area contributed by atoms with Crippen LogP contribution in [0.5, 0.6) is 0 Å². The summed E-state index contributed by atoms with van der Waals surface area (Å²) in [5.74, 6) is 0.292. The Bertz CT molecular complexity index is 1280. The van der Waals surface area contributed by atoms with Crippen molar-refractivity contribution in [3.05, 3.63) is 109 Å². The van der Waals surface area contributed by atoms with Gasteiger partial charge >= 0.3 is 0 Å². The Labute approximate surface area is 207 Å². The molecule has 4 aromatic carbocycles. The molecule has 0 radical (unpaired) electrons. The molecule has 0 atom stereocenters. The third kappa shape index (κ3) is 5.03. The van der Waals surface area contributed by atoms with Gasteiger partial charge in [-0.1, -0.05) is 66.4 Å². The van der Waals surface area contributed by atoms with Crippen LogP contribution in [-0.2, 0) is 16.0 Å². The zero-order valence-corrected chi connectivity index (χ0v) is 19.9. The van der Waals surface area contributed by atoms with Gasteiger partial charge in [0.25, 0.3) is 0 Å². The minimum Gasteiger partial charge on any atom is -0.326 e. The maximum atomic E-state index is 13.3. The standard InChI is InChI=1S/C28H22N2O2S2/c31-27(18-20-8-2-1-3-9-20)29-21-14-16-22(17-15-21)33-19-28(32)30-23-10-4-6-12-25(23)34-26-13-7-5-11-24(26)30/h1-17H,18-19H2,(H,29,31). The highest BCUT2D eigenvalue weighted by Gasteiger charge is 2.27. The summed E-state index contributed by atoms with van der Waals surface area (Å²) < 4.78 is 0. The number of fused-ring (bicyclic) bond motifs is 2. The largest absolute Gasteiger partial charge is 0.326 e. The van der Waals surface area contributed by atoms with Gasteiger partial charge in [-0.2, -0.15) is 0 Å². The van der Waals surface area contributed by atoms with Gasteiger partial charge < -0.3 is 5.32 Å². The molecule has 1 heterocycles. The molecule has 2 amide bonds. The van der Waals surface area contributed by atoms with Crippen LogP contribution in [-0.4, -0.2) is 17.6 Å². The van der Waals surface area contributed by atoms with Gasteiger partial charge in [0.05, 0.1) is 23.5 Å².